The molecule has 38 heavy (non-hydrogen) atoms. The number of anilines is 2. The molecule has 2 saturated heterocycles. The van der Waals surface area contributed by atoms with E-state index in [0.717, 1.165) is 30.0 Å². The second-order valence-electron chi connectivity index (χ2n) is 10.5. The topological polar surface area (TPSA) is 124 Å². The Hall–Kier alpha value is -2.80. The highest BCUT2D eigenvalue weighted by atomic mass is 32.2. The van der Waals surface area contributed by atoms with Gasteiger partial charge in [0.1, 0.15) is 17.5 Å². The number of fused-ring (bicyclic) bond motifs is 1. The Morgan fingerprint density at radius 1 is 1.18 bits per heavy atom. The zero-order chi connectivity index (χ0) is 26.9. The number of sulfonamides is 1. The van der Waals surface area contributed by atoms with E-state index in [1.807, 2.05) is 16.8 Å². The number of rotatable bonds is 8. The molecule has 4 heterocycles. The van der Waals surface area contributed by atoms with E-state index in [-0.39, 0.29) is 22.8 Å². The highest BCUT2D eigenvalue weighted by Gasteiger charge is 2.30. The number of nitrogens with one attached hydrogen (secondary N) is 3. The highest BCUT2D eigenvalue weighted by molar-refractivity contribution is 7.89. The number of nitrogens with zero attached hydrogens (tertiary/aromatic N) is 4. The number of aliphatic hydroxyl groups excluding tert-OH is 1. The van der Waals surface area contributed by atoms with Crippen LogP contribution in [0.3, 0.4) is 0 Å². The molecule has 0 aliphatic carbocycles. The Kier molecular flexibility index (Phi) is 7.85. The average molecular weight is 546 g/mol. The molecule has 206 valence electrons. The first-order valence-corrected chi connectivity index (χ1v) is 14.7. The van der Waals surface area contributed by atoms with Crippen LogP contribution in [0.5, 0.6) is 0 Å². The Bertz CT molecular complexity index is 1360. The predicted octanol–water partition coefficient (Wildman–Crippen LogP) is 2.64. The normalized spacial score (nSPS) is 21.7. The number of aromatic nitrogens is 3. The van der Waals surface area contributed by atoms with Crippen LogP contribution >= 0.6 is 0 Å². The monoisotopic (exact) mass is 545 g/mol. The second kappa shape index (κ2) is 11.1. The summed E-state index contributed by atoms with van der Waals surface area (Å²) in [6.45, 7) is 7.04. The summed E-state index contributed by atoms with van der Waals surface area (Å²) in [5.41, 5.74) is 1.81. The van der Waals surface area contributed by atoms with Gasteiger partial charge in [-0.3, -0.25) is 0 Å². The van der Waals surface area contributed by atoms with E-state index < -0.39 is 21.9 Å². The summed E-state index contributed by atoms with van der Waals surface area (Å²) in [6, 6.07) is 6.94. The van der Waals surface area contributed by atoms with Gasteiger partial charge in [0.25, 0.3) is 0 Å². The quantitative estimate of drug-likeness (QED) is 0.341. The SMILES string of the molecule is CC(C)c1cnn2c(NC3CCN(S(=O)(=O)c4ccc(F)cc4)CC3)cc(NCC3CCNC[C@@H]3O)nc12. The number of hydrogen-bond acceptors (Lipinski definition) is 8. The smallest absolute Gasteiger partial charge is 0.243 e. The summed E-state index contributed by atoms with van der Waals surface area (Å²) in [4.78, 5) is 4.95. The zero-order valence-electron chi connectivity index (χ0n) is 21.8. The first-order valence-electron chi connectivity index (χ1n) is 13.3. The van der Waals surface area contributed by atoms with E-state index in [1.165, 1.54) is 28.6 Å². The third-order valence-corrected chi connectivity index (χ3v) is 9.43. The van der Waals surface area contributed by atoms with Crippen LogP contribution in [-0.4, -0.2) is 77.3 Å². The molecule has 2 aromatic heterocycles. The maximum Gasteiger partial charge on any atom is 0.243 e. The Labute approximate surface area is 222 Å². The van der Waals surface area contributed by atoms with E-state index in [4.69, 9.17) is 4.98 Å². The molecule has 0 radical (unpaired) electrons. The molecule has 5 rings (SSSR count). The van der Waals surface area contributed by atoms with Gasteiger partial charge in [0.15, 0.2) is 5.65 Å². The van der Waals surface area contributed by atoms with Crippen LogP contribution in [0.1, 0.15) is 44.6 Å². The van der Waals surface area contributed by atoms with Crippen molar-refractivity contribution in [3.63, 3.8) is 0 Å². The van der Waals surface area contributed by atoms with Gasteiger partial charge in [0, 0.05) is 49.8 Å². The fourth-order valence-corrected chi connectivity index (χ4v) is 6.63. The van der Waals surface area contributed by atoms with E-state index in [2.05, 4.69) is 34.9 Å². The second-order valence-corrected chi connectivity index (χ2v) is 12.4. The maximum atomic E-state index is 13.3. The highest BCUT2D eigenvalue weighted by Crippen LogP contribution is 2.27. The van der Waals surface area contributed by atoms with Crippen molar-refractivity contribution in [1.29, 1.82) is 0 Å². The zero-order valence-corrected chi connectivity index (χ0v) is 22.6. The largest absolute Gasteiger partial charge is 0.391 e. The molecule has 2 aliphatic rings. The Morgan fingerprint density at radius 3 is 2.61 bits per heavy atom. The van der Waals surface area contributed by atoms with Crippen LogP contribution in [-0.2, 0) is 10.0 Å². The van der Waals surface area contributed by atoms with Crippen molar-refractivity contribution < 1.29 is 17.9 Å². The number of β-amino-alcohol motifs (C(OH)–C–C–N with tert-alkyl or cyclic N) is 1. The predicted molar refractivity (Wildman–Crippen MR) is 144 cm³/mol. The molecule has 2 atom stereocenters. The van der Waals surface area contributed by atoms with Crippen LogP contribution in [0.4, 0.5) is 16.0 Å². The van der Waals surface area contributed by atoms with E-state index in [0.29, 0.717) is 44.8 Å². The summed E-state index contributed by atoms with van der Waals surface area (Å²) in [6.07, 6.45) is 3.58. The summed E-state index contributed by atoms with van der Waals surface area (Å²) < 4.78 is 42.6. The number of piperidine rings is 2. The third-order valence-electron chi connectivity index (χ3n) is 7.51. The van der Waals surface area contributed by atoms with Crippen LogP contribution in [0, 0.1) is 11.7 Å². The first kappa shape index (κ1) is 26.8. The van der Waals surface area contributed by atoms with Crippen LogP contribution in [0.25, 0.3) is 5.65 Å². The maximum absolute atomic E-state index is 13.3. The molecule has 0 amide bonds. The number of halogens is 1. The van der Waals surface area contributed by atoms with Crippen molar-refractivity contribution in [2.75, 3.05) is 43.4 Å². The molecule has 4 N–H and O–H groups in total. The molecule has 3 aromatic rings. The summed E-state index contributed by atoms with van der Waals surface area (Å²) in [5, 5.41) is 25.1. The minimum absolute atomic E-state index is 0.0473. The molecule has 1 aromatic carbocycles. The van der Waals surface area contributed by atoms with Gasteiger partial charge < -0.3 is 21.1 Å². The van der Waals surface area contributed by atoms with Crippen molar-refractivity contribution >= 4 is 27.3 Å². The van der Waals surface area contributed by atoms with Crippen LogP contribution < -0.4 is 16.0 Å². The molecule has 2 aliphatic heterocycles. The van der Waals surface area contributed by atoms with Crippen LogP contribution in [0.2, 0.25) is 0 Å². The fourth-order valence-electron chi connectivity index (χ4n) is 5.16. The molecular weight excluding hydrogens is 509 g/mol. The molecule has 10 nitrogen and oxygen atoms in total. The van der Waals surface area contributed by atoms with Gasteiger partial charge in [-0.25, -0.2) is 17.8 Å². The van der Waals surface area contributed by atoms with E-state index in [1.54, 1.807) is 0 Å². The van der Waals surface area contributed by atoms with Crippen molar-refractivity contribution in [3.05, 3.63) is 47.9 Å². The molecule has 0 saturated carbocycles. The van der Waals surface area contributed by atoms with Gasteiger partial charge in [-0.1, -0.05) is 13.8 Å². The van der Waals surface area contributed by atoms with Crippen molar-refractivity contribution in [1.82, 2.24) is 24.2 Å². The minimum atomic E-state index is -3.67. The molecule has 0 spiro atoms. The fraction of sp³-hybridized carbons (Fsp3) is 0.538. The summed E-state index contributed by atoms with van der Waals surface area (Å²) in [7, 11) is -3.67. The molecule has 12 heteroatoms. The van der Waals surface area contributed by atoms with Crippen molar-refractivity contribution in [3.8, 4) is 0 Å². The first-order chi connectivity index (χ1) is 18.2. The number of benzene rings is 1. The molecule has 1 unspecified atom stereocenters. The average Bonchev–Trinajstić information content (AvgIpc) is 3.34. The van der Waals surface area contributed by atoms with Gasteiger partial charge in [0.05, 0.1) is 17.2 Å². The number of hydrogen-bond donors (Lipinski definition) is 4. The number of aliphatic hydroxyl groups is 1. The van der Waals surface area contributed by atoms with Gasteiger partial charge >= 0.3 is 0 Å². The summed E-state index contributed by atoms with van der Waals surface area (Å²) >= 11 is 0. The lowest BCUT2D eigenvalue weighted by Gasteiger charge is -2.32. The standard InChI is InChI=1S/C26H36FN7O3S/c1-17(2)22-15-30-34-25(13-24(32-26(22)34)29-14-18-7-10-28-16-23(18)35)31-20-8-11-33(12-9-20)38(36,37)21-5-3-19(27)4-6-21/h3-6,13,15,17-18,20,23,28,31,35H,7-12,14,16H2,1-2H3,(H,29,32)/t18?,23-/m0/s1. The molecular formula is C26H36FN7O3S. The van der Waals surface area contributed by atoms with E-state index >= 15 is 0 Å². The van der Waals surface area contributed by atoms with Crippen LogP contribution in [0.15, 0.2) is 41.4 Å². The van der Waals surface area contributed by atoms with Gasteiger partial charge in [-0.05, 0) is 56.0 Å². The molecule has 2 fully saturated rings. The lowest BCUT2D eigenvalue weighted by Crippen LogP contribution is -2.43. The molecule has 0 bridgehead atoms. The Balaban J connectivity index is 1.31. The van der Waals surface area contributed by atoms with E-state index in [9.17, 15) is 17.9 Å². The van der Waals surface area contributed by atoms with Gasteiger partial charge in [-0.2, -0.15) is 13.9 Å². The Morgan fingerprint density at radius 2 is 1.92 bits per heavy atom. The lowest BCUT2D eigenvalue weighted by atomic mass is 9.95. The van der Waals surface area contributed by atoms with Gasteiger partial charge in [-0.15, -0.1) is 0 Å². The van der Waals surface area contributed by atoms with Crippen molar-refractivity contribution in [2.45, 2.75) is 56.1 Å². The summed E-state index contributed by atoms with van der Waals surface area (Å²) in [5.74, 6) is 1.43. The third kappa shape index (κ3) is 5.63. The van der Waals surface area contributed by atoms with Crippen molar-refractivity contribution in [2.24, 2.45) is 5.92 Å². The van der Waals surface area contributed by atoms with Gasteiger partial charge in [0.2, 0.25) is 10.0 Å². The minimum Gasteiger partial charge on any atom is -0.391 e. The lowest BCUT2D eigenvalue weighted by molar-refractivity contribution is 0.0883.